The molecule has 94 heavy (non-hydrogen) atoms. The summed E-state index contributed by atoms with van der Waals surface area (Å²) in [5.74, 6) is -5.26. The van der Waals surface area contributed by atoms with Crippen molar-refractivity contribution in [3.05, 3.63) is 184 Å². The van der Waals surface area contributed by atoms with Crippen LogP contribution in [0.25, 0.3) is 22.3 Å². The number of carbonyl (C=O) groups excluding carboxylic acids is 3. The van der Waals surface area contributed by atoms with Crippen LogP contribution in [0.1, 0.15) is 177 Å². The molecule has 0 spiro atoms. The minimum atomic E-state index is -1.16. The van der Waals surface area contributed by atoms with E-state index in [2.05, 4.69) is 18.7 Å². The maximum atomic E-state index is 16.0. The zero-order valence-corrected chi connectivity index (χ0v) is 59.6. The molecule has 0 saturated heterocycles. The van der Waals surface area contributed by atoms with Crippen molar-refractivity contribution in [3.63, 3.8) is 0 Å². The maximum Gasteiger partial charge on any atom is 1.00 e. The van der Waals surface area contributed by atoms with Gasteiger partial charge in [0.2, 0.25) is 0 Å². The number of pyridine rings is 2. The summed E-state index contributed by atoms with van der Waals surface area (Å²) in [7, 11) is 7.91. The quantitative estimate of drug-likeness (QED) is 0.0265. The van der Waals surface area contributed by atoms with E-state index < -0.39 is 53.9 Å². The number of ether oxygens (including phenoxy) is 1. The first-order chi connectivity index (χ1) is 42.2. The molecule has 0 aliphatic carbocycles. The maximum absolute atomic E-state index is 16.0. The van der Waals surface area contributed by atoms with Gasteiger partial charge in [0.25, 0.3) is 11.1 Å². The molecule has 6 rings (SSSR count). The van der Waals surface area contributed by atoms with Crippen LogP contribution >= 0.6 is 13.5 Å². The van der Waals surface area contributed by atoms with E-state index in [0.29, 0.717) is 82.5 Å². The van der Waals surface area contributed by atoms with Gasteiger partial charge in [-0.05, 0) is 278 Å². The molecule has 0 saturated carbocycles. The molecule has 0 radical (unpaired) electrons. The Labute approximate surface area is 573 Å². The largest absolute Gasteiger partial charge is 1.00 e. The molecule has 0 fully saturated rings. The zero-order valence-electron chi connectivity index (χ0n) is 58.6. The molecule has 2 heterocycles. The molecular weight excluding hydrogens is 1220 g/mol. The number of carboxylic acid groups (broad SMARTS) is 1. The summed E-state index contributed by atoms with van der Waals surface area (Å²) >= 11 is 0. The number of esters is 1. The fraction of sp³-hybridized carbons (Fsp3) is 0.486. The number of rotatable bonds is 29. The molecule has 0 amide bonds. The Balaban J connectivity index is 0.000000902. The molecule has 0 aliphatic rings. The number of carbonyl (C=O) groups is 4. The van der Waals surface area contributed by atoms with Gasteiger partial charge >= 0.3 is 30.8 Å². The predicted molar refractivity (Wildman–Crippen MR) is 368 cm³/mol. The van der Waals surface area contributed by atoms with Crippen LogP contribution in [-0.2, 0) is 36.8 Å². The summed E-state index contributed by atoms with van der Waals surface area (Å²) in [6, 6.07) is 13.9. The van der Waals surface area contributed by atoms with Crippen LogP contribution in [0.2, 0.25) is 0 Å². The van der Waals surface area contributed by atoms with Gasteiger partial charge in [-0.2, -0.15) is 13.5 Å². The minimum Gasteiger partial charge on any atom is -0.870 e. The number of hydrogen-bond acceptors (Lipinski definition) is 10. The third-order valence-electron chi connectivity index (χ3n) is 17.0. The molecule has 0 aliphatic heterocycles. The second-order valence-corrected chi connectivity index (χ2v) is 26.1. The molecule has 20 heteroatoms. The smallest absolute Gasteiger partial charge is 0.870 e. The number of benzene rings is 4. The number of aromatic nitrogens is 2. The summed E-state index contributed by atoms with van der Waals surface area (Å²) < 4.78 is 68.3. The summed E-state index contributed by atoms with van der Waals surface area (Å²) in [5, 5.41) is 9.84. The van der Waals surface area contributed by atoms with Gasteiger partial charge in [0, 0.05) is 62.3 Å². The molecule has 4 atom stereocenters. The predicted octanol–water partition coefficient (Wildman–Crippen LogP) is 11.2. The first-order valence-electron chi connectivity index (χ1n) is 31.5. The minimum absolute atomic E-state index is 0. The Bertz CT molecular complexity index is 3630. The van der Waals surface area contributed by atoms with Crippen LogP contribution in [0.15, 0.2) is 82.6 Å². The first-order valence-corrected chi connectivity index (χ1v) is 31.5. The number of nitrogens with zero attached hydrogens (tertiary/aromatic N) is 4. The summed E-state index contributed by atoms with van der Waals surface area (Å²) in [6.45, 7) is 25.8. The molecule has 14 nitrogen and oxygen atoms in total. The van der Waals surface area contributed by atoms with E-state index in [-0.39, 0.29) is 121 Å². The normalized spacial score (nSPS) is 12.4. The Morgan fingerprint density at radius 1 is 0.511 bits per heavy atom. The van der Waals surface area contributed by atoms with E-state index in [9.17, 15) is 42.7 Å². The van der Waals surface area contributed by atoms with Crippen molar-refractivity contribution in [2.45, 2.75) is 178 Å². The molecular formula is C74H101F4LiN4O10S. The van der Waals surface area contributed by atoms with Crippen LogP contribution in [0, 0.1) is 90.5 Å². The van der Waals surface area contributed by atoms with E-state index in [4.69, 9.17) is 4.74 Å². The van der Waals surface area contributed by atoms with E-state index in [1.165, 1.54) is 33.4 Å². The Kier molecular flexibility index (Phi) is 35.5. The Morgan fingerprint density at radius 2 is 0.851 bits per heavy atom. The fourth-order valence-electron chi connectivity index (χ4n) is 12.1. The van der Waals surface area contributed by atoms with Gasteiger partial charge in [0.15, 0.2) is 11.6 Å². The Hall–Kier alpha value is -6.43. The van der Waals surface area contributed by atoms with Crippen LogP contribution in [0.3, 0.4) is 0 Å². The summed E-state index contributed by atoms with van der Waals surface area (Å²) in [4.78, 5) is 84.1. The number of ketones is 2. The monoisotopic (exact) mass is 1320 g/mol. The fourth-order valence-corrected chi connectivity index (χ4v) is 12.1. The van der Waals surface area contributed by atoms with Crippen LogP contribution in [0.4, 0.5) is 17.6 Å². The number of aryl methyl sites for hydroxylation is 8. The zero-order chi connectivity index (χ0) is 67.2. The van der Waals surface area contributed by atoms with E-state index >= 15 is 8.78 Å². The van der Waals surface area contributed by atoms with Crippen LogP contribution < -0.4 is 30.0 Å². The van der Waals surface area contributed by atoms with E-state index in [1.54, 1.807) is 97.3 Å². The van der Waals surface area contributed by atoms with Crippen molar-refractivity contribution >= 4 is 37.0 Å². The average molecular weight is 1320 g/mol. The van der Waals surface area contributed by atoms with Gasteiger partial charge in [0.05, 0.1) is 31.5 Å². The SMILES string of the molecule is CCOC(=O)C[C@H](CC(=O)C(CCC(C)C)n1cc(CCN(C)C)c(C)cc1=O)c1cc(-c2c(C)cc(F)cc2C)cc(C)c1F.Cc1cc(=O)n(C(CCC(C)C)C(=O)C[C@@H](CC(=O)O)c2cc(-c3c(C)cc(F)cc3C)cc(C)c2F)cc1CCN(C)C.O.S.[Li+].[OH-]. The van der Waals surface area contributed by atoms with E-state index in [1.807, 2.05) is 60.8 Å². The van der Waals surface area contributed by atoms with Crippen molar-refractivity contribution in [2.24, 2.45) is 11.8 Å². The third-order valence-corrected chi connectivity index (χ3v) is 17.0. The van der Waals surface area contributed by atoms with Gasteiger partial charge in [-0.15, -0.1) is 0 Å². The average Bonchev–Trinajstić information content (AvgIpc) is 0.798. The second kappa shape index (κ2) is 38.9. The van der Waals surface area contributed by atoms with Crippen LogP contribution in [0.5, 0.6) is 0 Å². The van der Waals surface area contributed by atoms with Gasteiger partial charge in [-0.3, -0.25) is 28.8 Å². The number of likely N-dealkylation sites (N-methyl/N-ethyl adjacent to an activating group) is 2. The molecule has 6 aromatic rings. The topological polar surface area (TPSA) is 210 Å². The van der Waals surface area contributed by atoms with Crippen molar-refractivity contribution in [2.75, 3.05) is 47.9 Å². The third kappa shape index (κ3) is 23.7. The molecule has 4 aromatic carbocycles. The standard InChI is InChI=1S/C38H50F2N2O4.C36H46F2N2O4.Li.2H2O.H2S/c1-10-46-36(45)21-29(32-19-30(15-27(7)38(32)40)37-25(5)16-31(39)17-26(37)6)20-34(43)33(12-11-23(2)3)42-22-28(13-14-41(8)9)24(4)18-35(42)44;1-21(2)9-10-31(40-20-26(11-12-39(7)8)22(3)16-33(40)42)32(41)18-27(19-34(43)44)30-17-28(13-25(6)36(30)38)35-23(4)14-29(37)15-24(35)5;;;;/h15-19,22-23,29,33H,10-14,20-21H2,1-9H3;13-17,20-21,27,31H,9-12,18-19H2,1-8H3,(H,43,44);;3*1H2/q;;+1;;;/p-1/t29-,33?;27-,31?;;;;/m00..../s1. The van der Waals surface area contributed by atoms with Crippen molar-refractivity contribution in [1.29, 1.82) is 0 Å². The van der Waals surface area contributed by atoms with Gasteiger partial charge < -0.3 is 39.7 Å². The number of carboxylic acids is 1. The number of aliphatic carboxylic acids is 1. The van der Waals surface area contributed by atoms with Crippen molar-refractivity contribution in [1.82, 2.24) is 18.9 Å². The van der Waals surface area contributed by atoms with E-state index in [0.717, 1.165) is 52.9 Å². The Morgan fingerprint density at radius 3 is 1.16 bits per heavy atom. The molecule has 4 N–H and O–H groups in total. The number of halogens is 4. The summed E-state index contributed by atoms with van der Waals surface area (Å²) in [6.07, 6.45) is 6.15. The van der Waals surface area contributed by atoms with Gasteiger partial charge in [-0.25, -0.2) is 17.6 Å². The molecule has 512 valence electrons. The first kappa shape index (κ1) is 85.6. The second-order valence-electron chi connectivity index (χ2n) is 26.1. The molecule has 2 aromatic heterocycles. The number of Topliss-reactive ketones (excluding diaryl/α,β-unsaturated/α-hetero) is 2. The summed E-state index contributed by atoms with van der Waals surface area (Å²) in [5.41, 5.74) is 9.70. The van der Waals surface area contributed by atoms with Gasteiger partial charge in [0.1, 0.15) is 23.3 Å². The van der Waals surface area contributed by atoms with Gasteiger partial charge in [-0.1, -0.05) is 27.7 Å². The van der Waals surface area contributed by atoms with Crippen LogP contribution in [-0.4, -0.2) is 106 Å². The molecule has 0 bridgehead atoms. The molecule has 2 unspecified atom stereocenters. The van der Waals surface area contributed by atoms with Crippen molar-refractivity contribution in [3.8, 4) is 22.3 Å². The van der Waals surface area contributed by atoms with Crippen molar-refractivity contribution < 1.29 is 76.4 Å². The number of hydrogen-bond donors (Lipinski definition) is 1.